The molecule has 0 radical (unpaired) electrons. The van der Waals surface area contributed by atoms with Crippen LogP contribution in [0.4, 0.5) is 10.1 Å². The Balaban J connectivity index is 2.05. The summed E-state index contributed by atoms with van der Waals surface area (Å²) in [6, 6.07) is 11.4. The Hall–Kier alpha value is -1.74. The molecule has 2 N–H and O–H groups in total. The molecule has 2 nitrogen and oxygen atoms in total. The summed E-state index contributed by atoms with van der Waals surface area (Å²) >= 11 is 5.59. The summed E-state index contributed by atoms with van der Waals surface area (Å²) < 4.78 is 13.2. The van der Waals surface area contributed by atoms with Crippen LogP contribution in [0.2, 0.25) is 5.02 Å². The molecule has 0 saturated carbocycles. The van der Waals surface area contributed by atoms with Crippen molar-refractivity contribution in [2.75, 3.05) is 5.32 Å². The number of hydrogen-bond donors (Lipinski definition) is 2. The van der Waals surface area contributed by atoms with Crippen LogP contribution in [0, 0.1) is 5.82 Å². The molecule has 0 bridgehead atoms. The fraction of sp³-hybridized carbons (Fsp3) is 0.0769. The van der Waals surface area contributed by atoms with Gasteiger partial charge in [-0.1, -0.05) is 23.7 Å². The summed E-state index contributed by atoms with van der Waals surface area (Å²) in [5.74, 6) is -0.237. The van der Waals surface area contributed by atoms with Crippen LogP contribution < -0.4 is 5.32 Å². The molecule has 0 aliphatic rings. The molecule has 17 heavy (non-hydrogen) atoms. The highest BCUT2D eigenvalue weighted by Crippen LogP contribution is 2.18. The van der Waals surface area contributed by atoms with Gasteiger partial charge in [-0.25, -0.2) is 4.39 Å². The monoisotopic (exact) mass is 251 g/mol. The van der Waals surface area contributed by atoms with Crippen molar-refractivity contribution < 1.29 is 9.50 Å². The first-order valence-corrected chi connectivity index (χ1v) is 5.50. The molecule has 0 aliphatic carbocycles. The molecule has 2 rings (SSSR count). The van der Waals surface area contributed by atoms with E-state index in [1.807, 2.05) is 6.07 Å². The van der Waals surface area contributed by atoms with E-state index < -0.39 is 5.82 Å². The van der Waals surface area contributed by atoms with Crippen LogP contribution in [-0.2, 0) is 6.54 Å². The van der Waals surface area contributed by atoms with E-state index >= 15 is 0 Å². The van der Waals surface area contributed by atoms with E-state index in [0.717, 1.165) is 11.3 Å². The van der Waals surface area contributed by atoms with Gasteiger partial charge in [-0.2, -0.15) is 0 Å². The number of hydrogen-bond acceptors (Lipinski definition) is 2. The van der Waals surface area contributed by atoms with Gasteiger partial charge in [0.15, 0.2) is 0 Å². The zero-order valence-corrected chi connectivity index (χ0v) is 9.71. The second kappa shape index (κ2) is 5.06. The minimum absolute atomic E-state index is 0.117. The highest BCUT2D eigenvalue weighted by Gasteiger charge is 2.01. The summed E-state index contributed by atoms with van der Waals surface area (Å²) in [6.07, 6.45) is 0. The first-order chi connectivity index (χ1) is 8.15. The van der Waals surface area contributed by atoms with Crippen LogP contribution in [0.15, 0.2) is 42.5 Å². The molecule has 2 aromatic rings. The maximum Gasteiger partial charge on any atom is 0.142 e. The lowest BCUT2D eigenvalue weighted by Crippen LogP contribution is -1.99. The Bertz CT molecular complexity index is 531. The normalized spacial score (nSPS) is 10.2. The lowest BCUT2D eigenvalue weighted by molar-refractivity contribution is 0.475. The van der Waals surface area contributed by atoms with Crippen molar-refractivity contribution >= 4 is 17.3 Å². The molecule has 0 aliphatic heterocycles. The number of phenols is 1. The van der Waals surface area contributed by atoms with Crippen LogP contribution in [0.5, 0.6) is 5.75 Å². The van der Waals surface area contributed by atoms with E-state index in [0.29, 0.717) is 6.54 Å². The highest BCUT2D eigenvalue weighted by atomic mass is 35.5. The molecule has 0 atom stereocenters. The molecule has 0 amide bonds. The van der Waals surface area contributed by atoms with Crippen LogP contribution in [0.3, 0.4) is 0 Å². The summed E-state index contributed by atoms with van der Waals surface area (Å²) in [5.41, 5.74) is 1.57. The highest BCUT2D eigenvalue weighted by molar-refractivity contribution is 6.30. The van der Waals surface area contributed by atoms with Gasteiger partial charge in [-0.15, -0.1) is 0 Å². The minimum Gasteiger partial charge on any atom is -0.508 e. The van der Waals surface area contributed by atoms with Gasteiger partial charge in [0.25, 0.3) is 0 Å². The van der Waals surface area contributed by atoms with Crippen LogP contribution in [-0.4, -0.2) is 5.11 Å². The standard InChI is InChI=1S/C13H11ClFNO/c14-12-5-4-9(6-13(12)15)8-16-10-2-1-3-11(17)7-10/h1-7,16-17H,8H2. The minimum atomic E-state index is -0.429. The average Bonchev–Trinajstić information content (AvgIpc) is 2.31. The smallest absolute Gasteiger partial charge is 0.142 e. The summed E-state index contributed by atoms with van der Waals surface area (Å²) in [5, 5.41) is 12.5. The molecular weight excluding hydrogens is 241 g/mol. The zero-order valence-electron chi connectivity index (χ0n) is 8.95. The van der Waals surface area contributed by atoms with Gasteiger partial charge < -0.3 is 10.4 Å². The van der Waals surface area contributed by atoms with Gasteiger partial charge in [-0.3, -0.25) is 0 Å². The molecule has 4 heteroatoms. The number of phenolic OH excluding ortho intramolecular Hbond substituents is 1. The number of anilines is 1. The largest absolute Gasteiger partial charge is 0.508 e. The van der Waals surface area contributed by atoms with Crippen LogP contribution in [0.25, 0.3) is 0 Å². The molecule has 2 aromatic carbocycles. The molecule has 88 valence electrons. The lowest BCUT2D eigenvalue weighted by atomic mass is 10.2. The predicted molar refractivity (Wildman–Crippen MR) is 66.8 cm³/mol. The second-order valence-corrected chi connectivity index (χ2v) is 4.06. The summed E-state index contributed by atoms with van der Waals surface area (Å²) in [7, 11) is 0. The number of benzene rings is 2. The van der Waals surface area contributed by atoms with Gasteiger partial charge in [0, 0.05) is 18.3 Å². The van der Waals surface area contributed by atoms with Crippen molar-refractivity contribution in [3.8, 4) is 5.75 Å². The Morgan fingerprint density at radius 3 is 2.71 bits per heavy atom. The predicted octanol–water partition coefficient (Wildman–Crippen LogP) is 3.80. The maximum atomic E-state index is 13.2. The Morgan fingerprint density at radius 1 is 1.18 bits per heavy atom. The molecule has 0 saturated heterocycles. The van der Waals surface area contributed by atoms with E-state index in [1.54, 1.807) is 24.3 Å². The Kier molecular flexibility index (Phi) is 3.49. The van der Waals surface area contributed by atoms with Crippen molar-refractivity contribution in [1.82, 2.24) is 0 Å². The van der Waals surface area contributed by atoms with Gasteiger partial charge in [-0.05, 0) is 29.8 Å². The fourth-order valence-electron chi connectivity index (χ4n) is 1.47. The molecule has 0 unspecified atom stereocenters. The van der Waals surface area contributed by atoms with E-state index in [4.69, 9.17) is 11.6 Å². The molecular formula is C13H11ClFNO. The van der Waals surface area contributed by atoms with Crippen molar-refractivity contribution in [3.63, 3.8) is 0 Å². The molecule has 0 fully saturated rings. The molecule has 0 heterocycles. The van der Waals surface area contributed by atoms with Crippen molar-refractivity contribution in [2.45, 2.75) is 6.54 Å². The van der Waals surface area contributed by atoms with E-state index in [-0.39, 0.29) is 10.8 Å². The summed E-state index contributed by atoms with van der Waals surface area (Å²) in [4.78, 5) is 0. The zero-order chi connectivity index (χ0) is 12.3. The second-order valence-electron chi connectivity index (χ2n) is 3.65. The third-order valence-corrected chi connectivity index (χ3v) is 2.63. The van der Waals surface area contributed by atoms with Crippen LogP contribution >= 0.6 is 11.6 Å². The number of rotatable bonds is 3. The first-order valence-electron chi connectivity index (χ1n) is 5.12. The van der Waals surface area contributed by atoms with E-state index in [1.165, 1.54) is 12.1 Å². The third-order valence-electron chi connectivity index (χ3n) is 2.33. The SMILES string of the molecule is Oc1cccc(NCc2ccc(Cl)c(F)c2)c1. The number of nitrogens with one attached hydrogen (secondary N) is 1. The number of aromatic hydroxyl groups is 1. The molecule has 0 aromatic heterocycles. The average molecular weight is 252 g/mol. The van der Waals surface area contributed by atoms with Gasteiger partial charge in [0.2, 0.25) is 0 Å². The fourth-order valence-corrected chi connectivity index (χ4v) is 1.59. The number of halogens is 2. The first kappa shape index (κ1) is 11.7. The molecule has 0 spiro atoms. The Labute approximate surface area is 104 Å². The Morgan fingerprint density at radius 2 is 2.00 bits per heavy atom. The van der Waals surface area contributed by atoms with E-state index in [9.17, 15) is 9.50 Å². The van der Waals surface area contributed by atoms with E-state index in [2.05, 4.69) is 5.32 Å². The third kappa shape index (κ3) is 3.11. The maximum absolute atomic E-state index is 13.2. The van der Waals surface area contributed by atoms with Crippen molar-refractivity contribution in [2.24, 2.45) is 0 Å². The van der Waals surface area contributed by atoms with Gasteiger partial charge in [0.1, 0.15) is 11.6 Å². The van der Waals surface area contributed by atoms with Gasteiger partial charge in [0.05, 0.1) is 5.02 Å². The summed E-state index contributed by atoms with van der Waals surface area (Å²) in [6.45, 7) is 0.470. The quantitative estimate of drug-likeness (QED) is 0.870. The van der Waals surface area contributed by atoms with Crippen LogP contribution in [0.1, 0.15) is 5.56 Å². The van der Waals surface area contributed by atoms with Crippen molar-refractivity contribution in [3.05, 3.63) is 58.9 Å². The topological polar surface area (TPSA) is 32.3 Å². The van der Waals surface area contributed by atoms with Gasteiger partial charge >= 0.3 is 0 Å². The van der Waals surface area contributed by atoms with Crippen molar-refractivity contribution in [1.29, 1.82) is 0 Å². The lowest BCUT2D eigenvalue weighted by Gasteiger charge is -2.07.